The van der Waals surface area contributed by atoms with E-state index in [0.717, 1.165) is 12.8 Å². The maximum absolute atomic E-state index is 13.0. The Morgan fingerprint density at radius 3 is 2.38 bits per heavy atom. The van der Waals surface area contributed by atoms with Crippen molar-refractivity contribution >= 4 is 27.5 Å². The number of hydrogen-bond acceptors (Lipinski definition) is 4. The molecule has 1 amide bonds. The molecule has 6 nitrogen and oxygen atoms in total. The lowest BCUT2D eigenvalue weighted by molar-refractivity contribution is -0.126. The van der Waals surface area contributed by atoms with Crippen molar-refractivity contribution in [1.82, 2.24) is 9.62 Å². The molecule has 0 atom stereocenters. The number of halogens is 1. The molecule has 0 aromatic heterocycles. The van der Waals surface area contributed by atoms with Crippen molar-refractivity contribution in [3.05, 3.63) is 23.2 Å². The maximum Gasteiger partial charge on any atom is 0.243 e. The van der Waals surface area contributed by atoms with Crippen LogP contribution in [0.3, 0.4) is 0 Å². The summed E-state index contributed by atoms with van der Waals surface area (Å²) in [5.74, 6) is 0.439. The van der Waals surface area contributed by atoms with Crippen LogP contribution in [0.15, 0.2) is 23.1 Å². The van der Waals surface area contributed by atoms with Gasteiger partial charge in [-0.3, -0.25) is 4.79 Å². The third-order valence-corrected chi connectivity index (χ3v) is 8.06. The van der Waals surface area contributed by atoms with E-state index in [4.69, 9.17) is 16.3 Å². The van der Waals surface area contributed by atoms with E-state index in [0.29, 0.717) is 38.3 Å². The molecule has 1 saturated heterocycles. The zero-order valence-corrected chi connectivity index (χ0v) is 18.6. The molecule has 0 spiro atoms. The van der Waals surface area contributed by atoms with Gasteiger partial charge >= 0.3 is 0 Å². The Kier molecular flexibility index (Phi) is 7.82. The summed E-state index contributed by atoms with van der Waals surface area (Å²) < 4.78 is 32.8. The van der Waals surface area contributed by atoms with Gasteiger partial charge in [0, 0.05) is 25.0 Å². The van der Waals surface area contributed by atoms with Crippen molar-refractivity contribution < 1.29 is 17.9 Å². The molecule has 1 N–H and O–H groups in total. The van der Waals surface area contributed by atoms with Crippen LogP contribution in [0, 0.1) is 5.92 Å². The van der Waals surface area contributed by atoms with Crippen LogP contribution in [-0.4, -0.2) is 44.4 Å². The van der Waals surface area contributed by atoms with Gasteiger partial charge in [-0.2, -0.15) is 4.31 Å². The first-order valence-electron chi connectivity index (χ1n) is 10.6. The second kappa shape index (κ2) is 10.1. The Labute approximate surface area is 179 Å². The molecular formula is C21H31ClN2O4S. The summed E-state index contributed by atoms with van der Waals surface area (Å²) >= 11 is 6.16. The molecule has 29 heavy (non-hydrogen) atoms. The lowest BCUT2D eigenvalue weighted by Crippen LogP contribution is -2.45. The third kappa shape index (κ3) is 5.64. The number of sulfonamides is 1. The molecule has 2 fully saturated rings. The Morgan fingerprint density at radius 1 is 1.14 bits per heavy atom. The second-order valence-electron chi connectivity index (χ2n) is 7.90. The number of ether oxygens (including phenoxy) is 1. The quantitative estimate of drug-likeness (QED) is 0.676. The third-order valence-electron chi connectivity index (χ3n) is 5.87. The summed E-state index contributed by atoms with van der Waals surface area (Å²) in [5.41, 5.74) is 0. The molecule has 1 saturated carbocycles. The van der Waals surface area contributed by atoms with Crippen molar-refractivity contribution in [3.8, 4) is 5.75 Å². The zero-order valence-electron chi connectivity index (χ0n) is 17.0. The van der Waals surface area contributed by atoms with Gasteiger partial charge in [0.15, 0.2) is 0 Å². The minimum absolute atomic E-state index is 0.0815. The Bertz CT molecular complexity index is 799. The average Bonchev–Trinajstić information content (AvgIpc) is 2.98. The summed E-state index contributed by atoms with van der Waals surface area (Å²) in [6.45, 7) is 2.99. The largest absolute Gasteiger partial charge is 0.492 e. The first kappa shape index (κ1) is 22.4. The van der Waals surface area contributed by atoms with E-state index in [1.54, 1.807) is 6.07 Å². The number of nitrogens with zero attached hydrogens (tertiary/aromatic N) is 1. The van der Waals surface area contributed by atoms with Gasteiger partial charge in [0.2, 0.25) is 15.9 Å². The second-order valence-corrected chi connectivity index (χ2v) is 10.2. The normalized spacial score (nSPS) is 20.2. The van der Waals surface area contributed by atoms with Crippen molar-refractivity contribution in [2.24, 2.45) is 5.92 Å². The minimum Gasteiger partial charge on any atom is -0.492 e. The number of carbonyl (C=O) groups excluding carboxylic acids is 1. The SMILES string of the molecule is CCOc1ccc(S(=O)(=O)N2CCC(C(=O)NC3CCCCCC3)CC2)cc1Cl. The van der Waals surface area contributed by atoms with E-state index in [1.165, 1.54) is 42.1 Å². The van der Waals surface area contributed by atoms with Crippen molar-refractivity contribution in [1.29, 1.82) is 0 Å². The van der Waals surface area contributed by atoms with Crippen LogP contribution in [0.1, 0.15) is 58.3 Å². The number of nitrogens with one attached hydrogen (secondary N) is 1. The van der Waals surface area contributed by atoms with Gasteiger partial charge in [0.1, 0.15) is 5.75 Å². The topological polar surface area (TPSA) is 75.7 Å². The molecule has 1 aromatic carbocycles. The van der Waals surface area contributed by atoms with Gasteiger partial charge in [0.25, 0.3) is 0 Å². The Hall–Kier alpha value is -1.31. The van der Waals surface area contributed by atoms with Gasteiger partial charge in [-0.15, -0.1) is 0 Å². The van der Waals surface area contributed by atoms with Crippen LogP contribution in [0.2, 0.25) is 5.02 Å². The summed E-state index contributed by atoms with van der Waals surface area (Å²) in [5, 5.41) is 3.48. The fraction of sp³-hybridized carbons (Fsp3) is 0.667. The van der Waals surface area contributed by atoms with E-state index < -0.39 is 10.0 Å². The molecule has 2 aliphatic rings. The van der Waals surface area contributed by atoms with Crippen LogP contribution >= 0.6 is 11.6 Å². The molecule has 1 aliphatic heterocycles. The summed E-state index contributed by atoms with van der Waals surface area (Å²) in [6, 6.07) is 4.83. The Balaban J connectivity index is 1.57. The number of piperidine rings is 1. The first-order valence-corrected chi connectivity index (χ1v) is 12.5. The highest BCUT2D eigenvalue weighted by Crippen LogP contribution is 2.30. The number of carbonyl (C=O) groups is 1. The van der Waals surface area contributed by atoms with E-state index in [2.05, 4.69) is 5.32 Å². The number of amides is 1. The minimum atomic E-state index is -3.64. The highest BCUT2D eigenvalue weighted by molar-refractivity contribution is 7.89. The molecule has 162 valence electrons. The summed E-state index contributed by atoms with van der Waals surface area (Å²) in [7, 11) is -3.64. The van der Waals surface area contributed by atoms with E-state index in [-0.39, 0.29) is 27.8 Å². The summed E-state index contributed by atoms with van der Waals surface area (Å²) in [4.78, 5) is 12.8. The van der Waals surface area contributed by atoms with Gasteiger partial charge in [-0.05, 0) is 50.8 Å². The zero-order chi connectivity index (χ0) is 20.9. The van der Waals surface area contributed by atoms with Crippen LogP contribution < -0.4 is 10.1 Å². The van der Waals surface area contributed by atoms with Crippen LogP contribution in [0.25, 0.3) is 0 Å². The highest BCUT2D eigenvalue weighted by Gasteiger charge is 2.33. The number of hydrogen-bond donors (Lipinski definition) is 1. The first-order chi connectivity index (χ1) is 13.9. The molecule has 1 aliphatic carbocycles. The van der Waals surface area contributed by atoms with Crippen molar-refractivity contribution in [2.45, 2.75) is 69.2 Å². The Morgan fingerprint density at radius 2 is 1.79 bits per heavy atom. The van der Waals surface area contributed by atoms with Crippen LogP contribution in [-0.2, 0) is 14.8 Å². The van der Waals surface area contributed by atoms with Crippen LogP contribution in [0.5, 0.6) is 5.75 Å². The average molecular weight is 443 g/mol. The van der Waals surface area contributed by atoms with E-state index in [1.807, 2.05) is 6.92 Å². The molecule has 1 aromatic rings. The molecule has 3 rings (SSSR count). The number of rotatable bonds is 6. The predicted molar refractivity (Wildman–Crippen MR) is 114 cm³/mol. The molecular weight excluding hydrogens is 412 g/mol. The highest BCUT2D eigenvalue weighted by atomic mass is 35.5. The number of benzene rings is 1. The van der Waals surface area contributed by atoms with Gasteiger partial charge < -0.3 is 10.1 Å². The molecule has 0 bridgehead atoms. The maximum atomic E-state index is 13.0. The molecule has 8 heteroatoms. The lowest BCUT2D eigenvalue weighted by Gasteiger charge is -2.31. The molecule has 1 heterocycles. The van der Waals surface area contributed by atoms with Crippen LogP contribution in [0.4, 0.5) is 0 Å². The fourth-order valence-corrected chi connectivity index (χ4v) is 5.96. The van der Waals surface area contributed by atoms with Gasteiger partial charge in [-0.1, -0.05) is 37.3 Å². The molecule has 0 unspecified atom stereocenters. The van der Waals surface area contributed by atoms with Gasteiger partial charge in [0.05, 0.1) is 16.5 Å². The van der Waals surface area contributed by atoms with E-state index in [9.17, 15) is 13.2 Å². The summed E-state index contributed by atoms with van der Waals surface area (Å²) in [6.07, 6.45) is 8.04. The van der Waals surface area contributed by atoms with Crippen molar-refractivity contribution in [2.75, 3.05) is 19.7 Å². The lowest BCUT2D eigenvalue weighted by atomic mass is 9.96. The van der Waals surface area contributed by atoms with E-state index >= 15 is 0 Å². The standard InChI is InChI=1S/C21H31ClN2O4S/c1-2-28-20-10-9-18(15-19(20)22)29(26,27)24-13-11-16(12-14-24)21(25)23-17-7-5-3-4-6-8-17/h9-10,15-17H,2-8,11-14H2,1H3,(H,23,25). The van der Waals surface area contributed by atoms with Gasteiger partial charge in [-0.25, -0.2) is 8.42 Å². The molecule has 0 radical (unpaired) electrons. The monoisotopic (exact) mass is 442 g/mol. The van der Waals surface area contributed by atoms with Crippen molar-refractivity contribution in [3.63, 3.8) is 0 Å². The smallest absolute Gasteiger partial charge is 0.243 e. The fourth-order valence-electron chi connectivity index (χ4n) is 4.16. The predicted octanol–water partition coefficient (Wildman–Crippen LogP) is 3.98.